The van der Waals surface area contributed by atoms with E-state index in [2.05, 4.69) is 37.2 Å². The van der Waals surface area contributed by atoms with Crippen molar-refractivity contribution in [2.45, 2.75) is 37.8 Å². The lowest BCUT2D eigenvalue weighted by Gasteiger charge is -2.44. The third-order valence-electron chi connectivity index (χ3n) is 5.27. The summed E-state index contributed by atoms with van der Waals surface area (Å²) >= 11 is 3.59. The molecule has 0 aromatic carbocycles. The molecule has 1 saturated carbocycles. The van der Waals surface area contributed by atoms with Crippen LogP contribution in [0.3, 0.4) is 0 Å². The first-order valence-electron chi connectivity index (χ1n) is 8.56. The first-order chi connectivity index (χ1) is 12.2. The maximum absolute atomic E-state index is 8.97. The number of halogens is 1. The van der Waals surface area contributed by atoms with Crippen LogP contribution in [0, 0.1) is 28.6 Å². The molecule has 6 nitrogen and oxygen atoms in total. The Bertz CT molecular complexity index is 866. The number of likely N-dealkylation sites (tertiary alicyclic amines) is 1. The first kappa shape index (κ1) is 16.4. The molecular weight excluding hydrogens is 382 g/mol. The number of pyridine rings is 1. The van der Waals surface area contributed by atoms with Crippen LogP contribution in [0.1, 0.15) is 31.4 Å². The van der Waals surface area contributed by atoms with Crippen molar-refractivity contribution in [1.82, 2.24) is 9.88 Å². The number of anilines is 1. The highest BCUT2D eigenvalue weighted by atomic mass is 79.9. The Balaban J connectivity index is 1.39. The Morgan fingerprint density at radius 3 is 2.68 bits per heavy atom. The van der Waals surface area contributed by atoms with Gasteiger partial charge in [0.05, 0.1) is 22.7 Å². The van der Waals surface area contributed by atoms with Crippen LogP contribution in [-0.2, 0) is 0 Å². The van der Waals surface area contributed by atoms with Crippen LogP contribution < -0.4 is 5.32 Å². The molecule has 2 fully saturated rings. The minimum absolute atomic E-state index is 0.232. The summed E-state index contributed by atoms with van der Waals surface area (Å²) in [5.41, 5.74) is 0.613. The fourth-order valence-corrected chi connectivity index (χ4v) is 4.33. The van der Waals surface area contributed by atoms with E-state index in [9.17, 15) is 0 Å². The molecule has 0 atom stereocenters. The third-order valence-corrected chi connectivity index (χ3v) is 6.08. The summed E-state index contributed by atoms with van der Waals surface area (Å²) in [7, 11) is 0. The van der Waals surface area contributed by atoms with E-state index in [1.165, 1.54) is 0 Å². The van der Waals surface area contributed by atoms with Crippen LogP contribution in [0.2, 0.25) is 0 Å². The number of rotatable bonds is 3. The molecule has 1 N–H and O–H groups in total. The summed E-state index contributed by atoms with van der Waals surface area (Å²) in [6.45, 7) is 1.87. The number of hydrogen-bond acceptors (Lipinski definition) is 6. The van der Waals surface area contributed by atoms with Crippen molar-refractivity contribution in [2.24, 2.45) is 5.92 Å². The molecule has 7 heteroatoms. The zero-order valence-electron chi connectivity index (χ0n) is 13.7. The maximum Gasteiger partial charge on any atom is 0.204 e. The van der Waals surface area contributed by atoms with Crippen molar-refractivity contribution >= 4 is 32.7 Å². The molecule has 1 aliphatic heterocycles. The zero-order chi connectivity index (χ0) is 17.4. The van der Waals surface area contributed by atoms with Crippen LogP contribution in [0.15, 0.2) is 21.2 Å². The van der Waals surface area contributed by atoms with E-state index >= 15 is 0 Å². The van der Waals surface area contributed by atoms with Gasteiger partial charge in [0, 0.05) is 36.6 Å². The maximum atomic E-state index is 8.97. The second-order valence-corrected chi connectivity index (χ2v) is 7.64. The van der Waals surface area contributed by atoms with E-state index in [1.807, 2.05) is 6.07 Å². The molecule has 25 heavy (non-hydrogen) atoms. The molecule has 1 aliphatic carbocycles. The van der Waals surface area contributed by atoms with Gasteiger partial charge in [-0.2, -0.15) is 10.5 Å². The molecule has 0 amide bonds. The van der Waals surface area contributed by atoms with Crippen molar-refractivity contribution in [3.63, 3.8) is 0 Å². The summed E-state index contributed by atoms with van der Waals surface area (Å²) < 4.78 is 6.25. The molecular formula is C18H18BrN5O. The smallest absolute Gasteiger partial charge is 0.204 e. The summed E-state index contributed by atoms with van der Waals surface area (Å²) in [4.78, 5) is 6.89. The van der Waals surface area contributed by atoms with E-state index in [-0.39, 0.29) is 5.92 Å². The van der Waals surface area contributed by atoms with Gasteiger partial charge in [-0.1, -0.05) is 0 Å². The van der Waals surface area contributed by atoms with Gasteiger partial charge in [-0.05, 0) is 41.6 Å². The van der Waals surface area contributed by atoms with Gasteiger partial charge in [0.25, 0.3) is 0 Å². The van der Waals surface area contributed by atoms with E-state index in [1.54, 1.807) is 12.3 Å². The average Bonchev–Trinajstić information content (AvgIpc) is 3.02. The highest BCUT2D eigenvalue weighted by Crippen LogP contribution is 2.34. The van der Waals surface area contributed by atoms with Gasteiger partial charge in [0.1, 0.15) is 11.9 Å². The predicted molar refractivity (Wildman–Crippen MR) is 96.8 cm³/mol. The molecule has 0 spiro atoms. The molecule has 1 saturated heterocycles. The molecule has 0 radical (unpaired) electrons. The number of fused-ring (bicyclic) bond motifs is 1. The minimum atomic E-state index is 0.232. The topological polar surface area (TPSA) is 88.9 Å². The minimum Gasteiger partial charge on any atom is -0.444 e. The Kier molecular flexibility index (Phi) is 4.37. The molecule has 2 aromatic heterocycles. The Morgan fingerprint density at radius 2 is 2.00 bits per heavy atom. The van der Waals surface area contributed by atoms with Crippen molar-refractivity contribution in [3.05, 3.63) is 22.5 Å². The number of hydrogen-bond donors (Lipinski definition) is 1. The van der Waals surface area contributed by atoms with E-state index in [0.29, 0.717) is 23.4 Å². The van der Waals surface area contributed by atoms with Crippen LogP contribution in [0.5, 0.6) is 0 Å². The van der Waals surface area contributed by atoms with E-state index in [4.69, 9.17) is 14.9 Å². The third kappa shape index (κ3) is 3.10. The normalized spacial score (nSPS) is 24.4. The lowest BCUT2D eigenvalue weighted by molar-refractivity contribution is 0.0576. The number of nitrogens with one attached hydrogen (secondary N) is 1. The average molecular weight is 400 g/mol. The fraction of sp³-hybridized carbons (Fsp3) is 0.500. The zero-order valence-corrected chi connectivity index (χ0v) is 15.3. The summed E-state index contributed by atoms with van der Waals surface area (Å²) in [5.74, 6) is 1.33. The van der Waals surface area contributed by atoms with Gasteiger partial charge in [-0.15, -0.1) is 0 Å². The quantitative estimate of drug-likeness (QED) is 0.846. The van der Waals surface area contributed by atoms with Crippen LogP contribution >= 0.6 is 15.9 Å². The molecule has 0 bridgehead atoms. The number of nitrogens with zero attached hydrogens (tertiary/aromatic N) is 4. The van der Waals surface area contributed by atoms with Crippen LogP contribution in [0.4, 0.5) is 5.82 Å². The molecule has 4 rings (SSSR count). The molecule has 128 valence electrons. The van der Waals surface area contributed by atoms with Crippen LogP contribution in [0.25, 0.3) is 11.0 Å². The van der Waals surface area contributed by atoms with Gasteiger partial charge in [0.15, 0.2) is 5.58 Å². The van der Waals surface area contributed by atoms with E-state index in [0.717, 1.165) is 54.4 Å². The van der Waals surface area contributed by atoms with Crippen molar-refractivity contribution in [2.75, 3.05) is 18.4 Å². The standard InChI is InChI=1S/C18H18BrN5O/c19-17-15-5-14(7-21)25-16(15)8-22-18(17)23-12-1-3-13(4-2-12)24-9-11(6-20)10-24/h5,8,11-13H,1-4,9-10H2,(H,22,23). The second-order valence-electron chi connectivity index (χ2n) is 6.85. The molecule has 3 heterocycles. The van der Waals surface area contributed by atoms with Gasteiger partial charge in [-0.3, -0.25) is 4.90 Å². The highest BCUT2D eigenvalue weighted by Gasteiger charge is 2.34. The highest BCUT2D eigenvalue weighted by molar-refractivity contribution is 9.10. The Hall–Kier alpha value is -2.09. The molecule has 2 aliphatic rings. The van der Waals surface area contributed by atoms with Gasteiger partial charge in [0.2, 0.25) is 5.76 Å². The monoisotopic (exact) mass is 399 g/mol. The van der Waals surface area contributed by atoms with E-state index < -0.39 is 0 Å². The van der Waals surface area contributed by atoms with Crippen molar-refractivity contribution in [1.29, 1.82) is 10.5 Å². The number of furan rings is 1. The lowest BCUT2D eigenvalue weighted by Crippen LogP contribution is -2.53. The van der Waals surface area contributed by atoms with Crippen molar-refractivity contribution in [3.8, 4) is 12.1 Å². The summed E-state index contributed by atoms with van der Waals surface area (Å²) in [6, 6.07) is 7.11. The lowest BCUT2D eigenvalue weighted by atomic mass is 9.87. The van der Waals surface area contributed by atoms with Gasteiger partial charge >= 0.3 is 0 Å². The summed E-state index contributed by atoms with van der Waals surface area (Å²) in [5, 5.41) is 22.3. The van der Waals surface area contributed by atoms with Crippen LogP contribution in [-0.4, -0.2) is 35.1 Å². The summed E-state index contributed by atoms with van der Waals surface area (Å²) in [6.07, 6.45) is 6.16. The largest absolute Gasteiger partial charge is 0.444 e. The van der Waals surface area contributed by atoms with Gasteiger partial charge < -0.3 is 9.73 Å². The molecule has 0 unspecified atom stereocenters. The Labute approximate surface area is 154 Å². The fourth-order valence-electron chi connectivity index (χ4n) is 3.81. The van der Waals surface area contributed by atoms with Crippen molar-refractivity contribution < 1.29 is 4.42 Å². The predicted octanol–water partition coefficient (Wildman–Crippen LogP) is 3.64. The second kappa shape index (κ2) is 6.67. The SMILES string of the molecule is N#Cc1cc2c(Br)c(NC3CCC(N4CC(C#N)C4)CC3)ncc2o1. The number of aromatic nitrogens is 1. The molecule has 2 aromatic rings. The van der Waals surface area contributed by atoms with Gasteiger partial charge in [-0.25, -0.2) is 4.98 Å². The Morgan fingerprint density at radius 1 is 1.24 bits per heavy atom. The number of nitriles is 2. The first-order valence-corrected chi connectivity index (χ1v) is 9.35.